The van der Waals surface area contributed by atoms with E-state index in [1.807, 2.05) is 36.4 Å². The maximum atomic E-state index is 12.3. The van der Waals surface area contributed by atoms with E-state index >= 15 is 0 Å². The number of para-hydroxylation sites is 2. The number of nitrogens with zero attached hydrogens (tertiary/aromatic N) is 2. The summed E-state index contributed by atoms with van der Waals surface area (Å²) in [5, 5.41) is 11.8. The van der Waals surface area contributed by atoms with Gasteiger partial charge >= 0.3 is 0 Å². The number of β-amino-alcohol motifs (C(OH)–C–C–N with tert-alkyl or cyclic N) is 1. The van der Waals surface area contributed by atoms with Gasteiger partial charge in [-0.1, -0.05) is 12.1 Å². The van der Waals surface area contributed by atoms with E-state index in [-0.39, 0.29) is 31.4 Å². The molecule has 1 unspecified atom stereocenters. The maximum Gasteiger partial charge on any atom is 0.252 e. The molecule has 0 bridgehead atoms. The number of oxazole rings is 1. The predicted octanol–water partition coefficient (Wildman–Crippen LogP) is 2.04. The molecule has 1 atom stereocenters. The van der Waals surface area contributed by atoms with Gasteiger partial charge in [-0.3, -0.25) is 9.59 Å². The largest absolute Gasteiger partial charge is 0.436 e. The van der Waals surface area contributed by atoms with Gasteiger partial charge in [-0.25, -0.2) is 4.98 Å². The predicted molar refractivity (Wildman–Crippen MR) is 106 cm³/mol. The van der Waals surface area contributed by atoms with Gasteiger partial charge in [-0.15, -0.1) is 0 Å². The molecule has 8 nitrogen and oxygen atoms in total. The van der Waals surface area contributed by atoms with Crippen LogP contribution in [0.25, 0.3) is 22.6 Å². The average molecular weight is 395 g/mol. The summed E-state index contributed by atoms with van der Waals surface area (Å²) in [6.07, 6.45) is -0.900. The lowest BCUT2D eigenvalue weighted by atomic mass is 10.1. The van der Waals surface area contributed by atoms with Crippen LogP contribution < -0.4 is 5.32 Å². The van der Waals surface area contributed by atoms with Gasteiger partial charge in [0.2, 0.25) is 11.8 Å². The number of rotatable bonds is 6. The number of anilines is 1. The number of ether oxygens (including phenoxy) is 1. The average Bonchev–Trinajstić information content (AvgIpc) is 3.16. The molecule has 4 rings (SSSR count). The number of morpholine rings is 1. The molecule has 1 aromatic heterocycles. The van der Waals surface area contributed by atoms with E-state index in [2.05, 4.69) is 10.3 Å². The number of carbonyl (C=O) groups is 2. The van der Waals surface area contributed by atoms with Gasteiger partial charge in [0.25, 0.3) is 5.91 Å². The van der Waals surface area contributed by atoms with Crippen LogP contribution in [-0.2, 0) is 14.3 Å². The smallest absolute Gasteiger partial charge is 0.252 e. The van der Waals surface area contributed by atoms with Gasteiger partial charge in [-0.05, 0) is 36.4 Å². The Kier molecular flexibility index (Phi) is 5.55. The fourth-order valence-corrected chi connectivity index (χ4v) is 3.25. The van der Waals surface area contributed by atoms with Crippen molar-refractivity contribution in [3.8, 4) is 11.5 Å². The minimum atomic E-state index is -0.825. The molecule has 2 N–H and O–H groups in total. The maximum absolute atomic E-state index is 12.3. The fraction of sp³-hybridized carbons (Fsp3) is 0.286. The fourth-order valence-electron chi connectivity index (χ4n) is 3.25. The van der Waals surface area contributed by atoms with Crippen LogP contribution in [0, 0.1) is 0 Å². The molecular weight excluding hydrogens is 374 g/mol. The third-order valence-electron chi connectivity index (χ3n) is 4.72. The van der Waals surface area contributed by atoms with E-state index < -0.39 is 6.10 Å². The molecule has 0 radical (unpaired) electrons. The summed E-state index contributed by atoms with van der Waals surface area (Å²) in [6.45, 7) is 0.909. The molecule has 29 heavy (non-hydrogen) atoms. The van der Waals surface area contributed by atoms with Gasteiger partial charge in [-0.2, -0.15) is 0 Å². The van der Waals surface area contributed by atoms with Crippen molar-refractivity contribution >= 4 is 28.6 Å². The second kappa shape index (κ2) is 8.42. The molecule has 0 aliphatic carbocycles. The second-order valence-corrected chi connectivity index (χ2v) is 6.72. The minimum absolute atomic E-state index is 0.0758. The highest BCUT2D eigenvalue weighted by Gasteiger charge is 2.31. The molecule has 2 amide bonds. The molecule has 1 aliphatic heterocycles. The van der Waals surface area contributed by atoms with Gasteiger partial charge in [0.15, 0.2) is 5.58 Å². The standard InChI is InChI=1S/C21H21N3O5/c25-11-9-24-10-12-28-18(21(24)27)13-19(26)22-15-7-5-14(6-8-15)20-23-16-3-1-2-4-17(16)29-20/h1-8,18,25H,9-13H2,(H,22,26). The molecule has 3 aromatic rings. The lowest BCUT2D eigenvalue weighted by Crippen LogP contribution is -2.49. The Balaban J connectivity index is 1.38. The highest BCUT2D eigenvalue weighted by atomic mass is 16.5. The summed E-state index contributed by atoms with van der Waals surface area (Å²) < 4.78 is 11.2. The number of fused-ring (bicyclic) bond motifs is 1. The molecule has 0 spiro atoms. The summed E-state index contributed by atoms with van der Waals surface area (Å²) in [5.74, 6) is -0.0789. The first-order valence-corrected chi connectivity index (χ1v) is 9.41. The summed E-state index contributed by atoms with van der Waals surface area (Å²) in [5.41, 5.74) is 2.90. The second-order valence-electron chi connectivity index (χ2n) is 6.72. The Labute approximate surface area is 167 Å². The molecular formula is C21H21N3O5. The topological polar surface area (TPSA) is 105 Å². The zero-order valence-electron chi connectivity index (χ0n) is 15.7. The normalized spacial score (nSPS) is 16.9. The number of hydrogen-bond donors (Lipinski definition) is 2. The van der Waals surface area contributed by atoms with Crippen molar-refractivity contribution in [2.24, 2.45) is 0 Å². The van der Waals surface area contributed by atoms with Crippen molar-refractivity contribution in [1.29, 1.82) is 0 Å². The highest BCUT2D eigenvalue weighted by Crippen LogP contribution is 2.25. The van der Waals surface area contributed by atoms with Crippen LogP contribution in [0.5, 0.6) is 0 Å². The zero-order valence-corrected chi connectivity index (χ0v) is 15.7. The first-order valence-electron chi connectivity index (χ1n) is 9.41. The Morgan fingerprint density at radius 1 is 1.21 bits per heavy atom. The van der Waals surface area contributed by atoms with Gasteiger partial charge in [0, 0.05) is 24.3 Å². The number of nitrogens with one attached hydrogen (secondary N) is 1. The van der Waals surface area contributed by atoms with Crippen molar-refractivity contribution in [2.75, 3.05) is 31.6 Å². The molecule has 2 heterocycles. The van der Waals surface area contributed by atoms with E-state index in [4.69, 9.17) is 14.3 Å². The number of amides is 2. The highest BCUT2D eigenvalue weighted by molar-refractivity contribution is 5.95. The first kappa shape index (κ1) is 19.1. The molecule has 1 saturated heterocycles. The summed E-state index contributed by atoms with van der Waals surface area (Å²) >= 11 is 0. The Hall–Kier alpha value is -3.23. The van der Waals surface area contributed by atoms with Crippen LogP contribution >= 0.6 is 0 Å². The van der Waals surface area contributed by atoms with Gasteiger partial charge in [0.1, 0.15) is 11.6 Å². The number of aliphatic hydroxyl groups is 1. The lowest BCUT2D eigenvalue weighted by molar-refractivity contribution is -0.155. The Morgan fingerprint density at radius 2 is 2.00 bits per heavy atom. The summed E-state index contributed by atoms with van der Waals surface area (Å²) in [6, 6.07) is 14.7. The van der Waals surface area contributed by atoms with Crippen LogP contribution in [0.1, 0.15) is 6.42 Å². The van der Waals surface area contributed by atoms with Crippen molar-refractivity contribution in [1.82, 2.24) is 9.88 Å². The molecule has 150 valence electrons. The van der Waals surface area contributed by atoms with E-state index in [0.717, 1.165) is 11.1 Å². The lowest BCUT2D eigenvalue weighted by Gasteiger charge is -2.31. The Bertz CT molecular complexity index is 980. The zero-order chi connectivity index (χ0) is 20.2. The van der Waals surface area contributed by atoms with Crippen LogP contribution in [-0.4, -0.2) is 59.2 Å². The third-order valence-corrected chi connectivity index (χ3v) is 4.72. The molecule has 0 saturated carbocycles. The number of aliphatic hydroxyl groups excluding tert-OH is 1. The molecule has 8 heteroatoms. The number of aromatic nitrogens is 1. The van der Waals surface area contributed by atoms with Crippen LogP contribution in [0.3, 0.4) is 0 Å². The van der Waals surface area contributed by atoms with Crippen LogP contribution in [0.4, 0.5) is 5.69 Å². The van der Waals surface area contributed by atoms with Gasteiger partial charge < -0.3 is 24.5 Å². The molecule has 2 aromatic carbocycles. The monoisotopic (exact) mass is 395 g/mol. The third kappa shape index (κ3) is 4.28. The number of hydrogen-bond acceptors (Lipinski definition) is 6. The SMILES string of the molecule is O=C(CC1OCCN(CCO)C1=O)Nc1ccc(-c2nc3ccccc3o2)cc1. The minimum Gasteiger partial charge on any atom is -0.436 e. The van der Waals surface area contributed by atoms with Gasteiger partial charge in [0.05, 0.1) is 19.6 Å². The quantitative estimate of drug-likeness (QED) is 0.662. The van der Waals surface area contributed by atoms with Crippen molar-refractivity contribution in [3.63, 3.8) is 0 Å². The van der Waals surface area contributed by atoms with E-state index in [0.29, 0.717) is 30.3 Å². The Morgan fingerprint density at radius 3 is 2.76 bits per heavy atom. The van der Waals surface area contributed by atoms with E-state index in [1.165, 1.54) is 4.90 Å². The number of benzene rings is 2. The van der Waals surface area contributed by atoms with Crippen LogP contribution in [0.2, 0.25) is 0 Å². The molecule has 1 fully saturated rings. The summed E-state index contributed by atoms with van der Waals surface area (Å²) in [7, 11) is 0. The van der Waals surface area contributed by atoms with Crippen LogP contribution in [0.15, 0.2) is 52.9 Å². The van der Waals surface area contributed by atoms with Crippen molar-refractivity contribution in [3.05, 3.63) is 48.5 Å². The van der Waals surface area contributed by atoms with Crippen molar-refractivity contribution < 1.29 is 23.8 Å². The first-order chi connectivity index (χ1) is 14.1. The van der Waals surface area contributed by atoms with E-state index in [9.17, 15) is 9.59 Å². The number of carbonyl (C=O) groups excluding carboxylic acids is 2. The summed E-state index contributed by atoms with van der Waals surface area (Å²) in [4.78, 5) is 30.6. The van der Waals surface area contributed by atoms with Crippen molar-refractivity contribution in [2.45, 2.75) is 12.5 Å². The van der Waals surface area contributed by atoms with E-state index in [1.54, 1.807) is 12.1 Å². The molecule has 1 aliphatic rings.